The number of hydrogen-bond acceptors (Lipinski definition) is 6. The molecule has 2 aromatic carbocycles. The Bertz CT molecular complexity index is 1090. The second-order valence-electron chi connectivity index (χ2n) is 9.97. The predicted octanol–water partition coefficient (Wildman–Crippen LogP) is 4.91. The molecule has 180 valence electrons. The third-order valence-electron chi connectivity index (χ3n) is 6.55. The minimum Gasteiger partial charge on any atom is -0.324 e. The zero-order chi connectivity index (χ0) is 24.3. The summed E-state index contributed by atoms with van der Waals surface area (Å²) in [5, 5.41) is 3.82. The summed E-state index contributed by atoms with van der Waals surface area (Å²) in [6, 6.07) is 17.2. The van der Waals surface area contributed by atoms with Crippen LogP contribution >= 0.6 is 11.6 Å². The van der Waals surface area contributed by atoms with Crippen LogP contribution in [0, 0.1) is 0 Å². The molecule has 6 nitrogen and oxygen atoms in total. The first kappa shape index (κ1) is 24.6. The number of anilines is 2. The van der Waals surface area contributed by atoms with Crippen molar-refractivity contribution in [2.45, 2.75) is 38.3 Å². The van der Waals surface area contributed by atoms with Crippen molar-refractivity contribution in [3.8, 4) is 11.3 Å². The number of aromatic nitrogens is 2. The highest BCUT2D eigenvalue weighted by Gasteiger charge is 2.23. The van der Waals surface area contributed by atoms with Crippen LogP contribution in [0.25, 0.3) is 11.3 Å². The summed E-state index contributed by atoms with van der Waals surface area (Å²) in [7, 11) is 4.34. The Morgan fingerprint density at radius 1 is 1.12 bits per heavy atom. The summed E-state index contributed by atoms with van der Waals surface area (Å²) in [6.07, 6.45) is 3.95. The molecule has 4 rings (SSSR count). The van der Waals surface area contributed by atoms with Gasteiger partial charge in [-0.3, -0.25) is 0 Å². The molecule has 1 unspecified atom stereocenters. The van der Waals surface area contributed by atoms with Gasteiger partial charge in [-0.05, 0) is 70.6 Å². The Morgan fingerprint density at radius 3 is 2.44 bits per heavy atom. The van der Waals surface area contributed by atoms with E-state index in [1.165, 1.54) is 18.5 Å². The molecular weight excluding hydrogens is 444 g/mol. The molecule has 0 saturated carbocycles. The van der Waals surface area contributed by atoms with Crippen molar-refractivity contribution >= 4 is 23.2 Å². The molecule has 0 spiro atoms. The van der Waals surface area contributed by atoms with Gasteiger partial charge in [0.15, 0.2) is 0 Å². The number of rotatable bonds is 8. The highest BCUT2D eigenvalue weighted by atomic mass is 35.5. The largest absolute Gasteiger partial charge is 0.324 e. The van der Waals surface area contributed by atoms with Crippen molar-refractivity contribution in [2.24, 2.45) is 5.73 Å². The van der Waals surface area contributed by atoms with Gasteiger partial charge in [0.05, 0.1) is 16.9 Å². The van der Waals surface area contributed by atoms with Crippen LogP contribution in [0.4, 0.5) is 11.6 Å². The zero-order valence-electron chi connectivity index (χ0n) is 20.6. The molecule has 2 heterocycles. The maximum absolute atomic E-state index is 6.41. The van der Waals surface area contributed by atoms with E-state index in [0.717, 1.165) is 36.3 Å². The van der Waals surface area contributed by atoms with Gasteiger partial charge in [-0.15, -0.1) is 0 Å². The van der Waals surface area contributed by atoms with Crippen molar-refractivity contribution in [3.05, 3.63) is 70.9 Å². The van der Waals surface area contributed by atoms with Gasteiger partial charge >= 0.3 is 0 Å². The number of halogens is 1. The fraction of sp³-hybridized carbons (Fsp3) is 0.407. The first-order valence-corrected chi connectivity index (χ1v) is 12.2. The van der Waals surface area contributed by atoms with Crippen LogP contribution in [-0.4, -0.2) is 59.5 Å². The van der Waals surface area contributed by atoms with Crippen molar-refractivity contribution in [1.29, 1.82) is 0 Å². The van der Waals surface area contributed by atoms with E-state index in [-0.39, 0.29) is 0 Å². The first-order chi connectivity index (χ1) is 16.2. The van der Waals surface area contributed by atoms with Crippen LogP contribution in [0.15, 0.2) is 54.7 Å². The van der Waals surface area contributed by atoms with Crippen LogP contribution in [0.5, 0.6) is 0 Å². The Labute approximate surface area is 208 Å². The monoisotopic (exact) mass is 478 g/mol. The summed E-state index contributed by atoms with van der Waals surface area (Å²) in [5.74, 6) is 0.516. The van der Waals surface area contributed by atoms with E-state index in [1.54, 1.807) is 6.20 Å². The average molecular weight is 479 g/mol. The molecule has 34 heavy (non-hydrogen) atoms. The molecule has 7 heteroatoms. The standard InChI is InChI=1S/C27H35ClN6/c1-27(2,29)21-9-7-20(8-10-21)25-24(28)17-30-26(32-25)31-22-11-5-19(6-12-22)13-15-34-16-14-23(18-34)33(3)4/h5-12,17,23H,13-16,18,29H2,1-4H3,(H,30,31,32). The van der Waals surface area contributed by atoms with Gasteiger partial charge < -0.3 is 20.9 Å². The minimum atomic E-state index is -0.393. The second kappa shape index (κ2) is 10.4. The topological polar surface area (TPSA) is 70.3 Å². The van der Waals surface area contributed by atoms with Crippen LogP contribution in [0.2, 0.25) is 5.02 Å². The van der Waals surface area contributed by atoms with Crippen molar-refractivity contribution < 1.29 is 0 Å². The third-order valence-corrected chi connectivity index (χ3v) is 6.83. The number of nitrogens with one attached hydrogen (secondary N) is 1. The van der Waals surface area contributed by atoms with Crippen molar-refractivity contribution in [2.75, 3.05) is 39.0 Å². The summed E-state index contributed by atoms with van der Waals surface area (Å²) in [4.78, 5) is 13.9. The third kappa shape index (κ3) is 6.13. The molecule has 0 bridgehead atoms. The fourth-order valence-corrected chi connectivity index (χ4v) is 4.50. The summed E-state index contributed by atoms with van der Waals surface area (Å²) < 4.78 is 0. The quantitative estimate of drug-likeness (QED) is 0.479. The predicted molar refractivity (Wildman–Crippen MR) is 142 cm³/mol. The molecule has 0 amide bonds. The van der Waals surface area contributed by atoms with Crippen molar-refractivity contribution in [3.63, 3.8) is 0 Å². The molecule has 3 aromatic rings. The summed E-state index contributed by atoms with van der Waals surface area (Å²) in [5.41, 5.74) is 10.8. The van der Waals surface area contributed by atoms with Gasteiger partial charge in [0.1, 0.15) is 0 Å². The van der Waals surface area contributed by atoms with Crippen LogP contribution in [0.3, 0.4) is 0 Å². The van der Waals surface area contributed by atoms with Crippen molar-refractivity contribution in [1.82, 2.24) is 19.8 Å². The smallest absolute Gasteiger partial charge is 0.227 e. The summed E-state index contributed by atoms with van der Waals surface area (Å²) in [6.45, 7) is 7.42. The van der Waals surface area contributed by atoms with Gasteiger partial charge in [-0.1, -0.05) is 48.0 Å². The number of likely N-dealkylation sites (N-methyl/N-ethyl adjacent to an activating group) is 1. The average Bonchev–Trinajstić information content (AvgIpc) is 3.29. The Morgan fingerprint density at radius 2 is 1.82 bits per heavy atom. The summed E-state index contributed by atoms with van der Waals surface area (Å²) >= 11 is 6.41. The lowest BCUT2D eigenvalue weighted by Gasteiger charge is -2.20. The molecule has 1 fully saturated rings. The van der Waals surface area contributed by atoms with Gasteiger partial charge in [-0.25, -0.2) is 9.97 Å². The molecule has 3 N–H and O–H groups in total. The highest BCUT2D eigenvalue weighted by Crippen LogP contribution is 2.29. The van der Waals surface area contributed by atoms with Gasteiger partial charge in [0.2, 0.25) is 5.95 Å². The van der Waals surface area contributed by atoms with E-state index >= 15 is 0 Å². The van der Waals surface area contributed by atoms with Crippen LogP contribution in [-0.2, 0) is 12.0 Å². The maximum Gasteiger partial charge on any atom is 0.227 e. The molecule has 1 aliphatic rings. The second-order valence-corrected chi connectivity index (χ2v) is 10.4. The van der Waals surface area contributed by atoms with E-state index in [1.807, 2.05) is 38.1 Å². The molecule has 1 aromatic heterocycles. The first-order valence-electron chi connectivity index (χ1n) is 11.9. The highest BCUT2D eigenvalue weighted by molar-refractivity contribution is 6.32. The van der Waals surface area contributed by atoms with Gasteiger partial charge in [0.25, 0.3) is 0 Å². The molecule has 1 aliphatic heterocycles. The Kier molecular flexibility index (Phi) is 7.53. The lowest BCUT2D eigenvalue weighted by Crippen LogP contribution is -2.32. The van der Waals surface area contributed by atoms with Crippen LogP contribution < -0.4 is 11.1 Å². The SMILES string of the molecule is CN(C)C1CCN(CCc2ccc(Nc3ncc(Cl)c(-c4ccc(C(C)(C)N)cc4)n3)cc2)C1. The lowest BCUT2D eigenvalue weighted by atomic mass is 9.94. The lowest BCUT2D eigenvalue weighted by molar-refractivity contribution is 0.270. The van der Waals surface area contributed by atoms with E-state index in [2.05, 4.69) is 63.4 Å². The number of benzene rings is 2. The van der Waals surface area contributed by atoms with E-state index < -0.39 is 5.54 Å². The zero-order valence-corrected chi connectivity index (χ0v) is 21.3. The van der Waals surface area contributed by atoms with Gasteiger partial charge in [-0.2, -0.15) is 0 Å². The number of hydrogen-bond donors (Lipinski definition) is 2. The maximum atomic E-state index is 6.41. The molecule has 1 saturated heterocycles. The van der Waals surface area contributed by atoms with E-state index in [9.17, 15) is 0 Å². The minimum absolute atomic E-state index is 0.393. The molecular formula is C27H35ClN6. The van der Waals surface area contributed by atoms with Gasteiger partial charge in [0, 0.05) is 35.9 Å². The molecule has 0 radical (unpaired) electrons. The van der Waals surface area contributed by atoms with E-state index in [4.69, 9.17) is 17.3 Å². The number of nitrogens with zero attached hydrogens (tertiary/aromatic N) is 4. The number of nitrogens with two attached hydrogens (primary N) is 1. The van der Waals surface area contributed by atoms with Crippen LogP contribution in [0.1, 0.15) is 31.4 Å². The molecule has 1 atom stereocenters. The Hall–Kier alpha value is -2.51. The molecule has 0 aliphatic carbocycles. The normalized spacial score (nSPS) is 16.9. The number of likely N-dealkylation sites (tertiary alicyclic amines) is 1. The van der Waals surface area contributed by atoms with E-state index in [0.29, 0.717) is 22.7 Å². The fourth-order valence-electron chi connectivity index (χ4n) is 4.30. The Balaban J connectivity index is 1.38.